The number of rotatable bonds is 10. The van der Waals surface area contributed by atoms with E-state index in [0.717, 1.165) is 75.4 Å². The number of amides is 3. The number of urea groups is 1. The molecule has 18 heteroatoms. The molecule has 3 amide bonds. The standard InChI is InChI=1S/C29H31N5O3.C18H19N3O2.C17H18FN3O/c1-37-25-14-8-13-24(19-25)31-28(36)33-17-15-21(16-18-33)20-34-26(35)29(32-27(34)30,22-9-4-2-5-10-22)23-11-6-3-7-12-23;1-18(10-21(2)17(19)20-18)14-5-3-4-12(8-14)13-6-7-15-16(9-13)23-11-22-15;1-17(11-22-21(2)16(19)20-17)14-7-3-5-12(9-14)13-6-4-8-15(18)10-13/h2-14,19,21H,15-18,20H2,1H3,(H2,30,32)(H,31,36);3-9H,10-11H2,1-2H3,(H2,19,20);3-10H,11H2,1-2H3,(H2,19,20). The first-order chi connectivity index (χ1) is 39.5. The summed E-state index contributed by atoms with van der Waals surface area (Å²) >= 11 is 0. The summed E-state index contributed by atoms with van der Waals surface area (Å²) in [4.78, 5) is 51.7. The number of hydrogen-bond acceptors (Lipinski definition) is 14. The summed E-state index contributed by atoms with van der Waals surface area (Å²) in [7, 11) is 5.28. The average molecular weight is 1110 g/mol. The fraction of sp³-hybridized carbons (Fsp3) is 0.266. The number of halogens is 1. The molecule has 422 valence electrons. The minimum atomic E-state index is -1.19. The van der Waals surface area contributed by atoms with Crippen molar-refractivity contribution in [3.05, 3.63) is 204 Å². The Bertz CT molecular complexity index is 3500. The number of methoxy groups -OCH3 is 1. The van der Waals surface area contributed by atoms with Gasteiger partial charge in [0.15, 0.2) is 29.0 Å². The normalized spacial score (nSPS) is 19.9. The number of anilines is 1. The van der Waals surface area contributed by atoms with Gasteiger partial charge in [0, 0.05) is 52.0 Å². The monoisotopic (exact) mass is 1110 g/mol. The maximum absolute atomic E-state index is 14.0. The van der Waals surface area contributed by atoms with Crippen molar-refractivity contribution in [2.75, 3.05) is 66.1 Å². The van der Waals surface area contributed by atoms with Crippen LogP contribution in [0.2, 0.25) is 0 Å². The van der Waals surface area contributed by atoms with E-state index < -0.39 is 11.1 Å². The van der Waals surface area contributed by atoms with Crippen LogP contribution in [0, 0.1) is 11.7 Å². The Balaban J connectivity index is 0.000000145. The highest BCUT2D eigenvalue weighted by molar-refractivity contribution is 6.09. The number of nitrogens with two attached hydrogens (primary N) is 3. The highest BCUT2D eigenvalue weighted by Gasteiger charge is 2.51. The number of ether oxygens (including phenoxy) is 3. The summed E-state index contributed by atoms with van der Waals surface area (Å²) in [5.41, 5.74) is 24.5. The minimum Gasteiger partial charge on any atom is -0.497 e. The fourth-order valence-corrected chi connectivity index (χ4v) is 10.8. The molecule has 2 unspecified atom stereocenters. The van der Waals surface area contributed by atoms with Crippen molar-refractivity contribution in [2.45, 2.75) is 43.3 Å². The lowest BCUT2D eigenvalue weighted by Gasteiger charge is -2.34. The van der Waals surface area contributed by atoms with Gasteiger partial charge in [0.1, 0.15) is 29.3 Å². The van der Waals surface area contributed by atoms with Crippen molar-refractivity contribution in [3.8, 4) is 39.5 Å². The number of piperidine rings is 1. The largest absolute Gasteiger partial charge is 0.497 e. The number of nitrogens with zero attached hydrogens (tertiary/aromatic N) is 7. The van der Waals surface area contributed by atoms with Crippen molar-refractivity contribution >= 4 is 35.5 Å². The summed E-state index contributed by atoms with van der Waals surface area (Å²) in [5, 5.41) is 4.40. The van der Waals surface area contributed by atoms with Crippen molar-refractivity contribution in [3.63, 3.8) is 0 Å². The van der Waals surface area contributed by atoms with Gasteiger partial charge in [0.2, 0.25) is 12.8 Å². The van der Waals surface area contributed by atoms with Crippen LogP contribution in [0.5, 0.6) is 17.2 Å². The van der Waals surface area contributed by atoms with Gasteiger partial charge in [-0.1, -0.05) is 121 Å². The molecule has 5 aliphatic rings. The Kier molecular flexibility index (Phi) is 16.2. The molecule has 0 aromatic heterocycles. The third-order valence-electron chi connectivity index (χ3n) is 15.5. The number of aliphatic imine (C=N–C) groups is 3. The molecular formula is C64H68FN11O6. The highest BCUT2D eigenvalue weighted by atomic mass is 19.1. The van der Waals surface area contributed by atoms with Gasteiger partial charge >= 0.3 is 6.03 Å². The van der Waals surface area contributed by atoms with E-state index in [1.54, 1.807) is 36.1 Å². The molecule has 0 radical (unpaired) electrons. The van der Waals surface area contributed by atoms with E-state index in [4.69, 9.17) is 41.2 Å². The van der Waals surface area contributed by atoms with Crippen LogP contribution in [0.15, 0.2) is 191 Å². The van der Waals surface area contributed by atoms with Gasteiger partial charge in [-0.25, -0.2) is 29.2 Å². The van der Waals surface area contributed by atoms with E-state index in [2.05, 4.69) is 46.5 Å². The third-order valence-corrected chi connectivity index (χ3v) is 15.5. The molecule has 0 bridgehead atoms. The van der Waals surface area contributed by atoms with E-state index in [9.17, 15) is 14.0 Å². The highest BCUT2D eigenvalue weighted by Crippen LogP contribution is 2.41. The van der Waals surface area contributed by atoms with E-state index in [0.29, 0.717) is 49.6 Å². The number of fused-ring (bicyclic) bond motifs is 1. The predicted molar refractivity (Wildman–Crippen MR) is 317 cm³/mol. The lowest BCUT2D eigenvalue weighted by Crippen LogP contribution is -2.48. The lowest BCUT2D eigenvalue weighted by atomic mass is 9.82. The van der Waals surface area contributed by atoms with Gasteiger partial charge in [0.05, 0.1) is 7.11 Å². The Labute approximate surface area is 477 Å². The molecule has 7 aromatic carbocycles. The van der Waals surface area contributed by atoms with Gasteiger partial charge in [-0.3, -0.25) is 14.5 Å². The van der Waals surface area contributed by atoms with Crippen LogP contribution in [0.4, 0.5) is 14.9 Å². The van der Waals surface area contributed by atoms with Gasteiger partial charge in [-0.15, -0.1) is 0 Å². The van der Waals surface area contributed by atoms with Crippen LogP contribution in [-0.2, 0) is 26.2 Å². The Morgan fingerprint density at radius 2 is 1.22 bits per heavy atom. The average Bonchev–Trinajstić information content (AvgIpc) is 2.49. The second-order valence-electron chi connectivity index (χ2n) is 21.3. The zero-order valence-electron chi connectivity index (χ0n) is 46.7. The number of benzene rings is 7. The summed E-state index contributed by atoms with van der Waals surface area (Å²) in [5.74, 6) is 3.25. The van der Waals surface area contributed by atoms with Crippen molar-refractivity contribution in [1.82, 2.24) is 19.8 Å². The summed E-state index contributed by atoms with van der Waals surface area (Å²) in [6.45, 7) is 7.22. The molecule has 0 saturated carbocycles. The number of likely N-dealkylation sites (tertiary alicyclic amines) is 1. The summed E-state index contributed by atoms with van der Waals surface area (Å²) < 4.78 is 29.5. The van der Waals surface area contributed by atoms with Crippen LogP contribution in [-0.4, -0.2) is 110 Å². The molecule has 0 spiro atoms. The smallest absolute Gasteiger partial charge is 0.321 e. The number of likely N-dealkylation sites (N-methyl/N-ethyl adjacent to an activating group) is 1. The number of nitrogens with one attached hydrogen (secondary N) is 1. The summed E-state index contributed by atoms with van der Waals surface area (Å²) in [6, 6.07) is 55.2. The number of carbonyl (C=O) groups excluding carboxylic acids is 2. The number of hydrogen-bond donors (Lipinski definition) is 4. The second-order valence-corrected chi connectivity index (χ2v) is 21.3. The van der Waals surface area contributed by atoms with E-state index in [-0.39, 0.29) is 42.0 Å². The molecule has 0 aliphatic carbocycles. The van der Waals surface area contributed by atoms with Gasteiger partial charge in [-0.2, -0.15) is 0 Å². The minimum absolute atomic E-state index is 0.138. The van der Waals surface area contributed by atoms with E-state index in [1.807, 2.05) is 146 Å². The van der Waals surface area contributed by atoms with Crippen molar-refractivity contribution < 1.29 is 33.0 Å². The molecule has 1 fully saturated rings. The maximum atomic E-state index is 14.0. The maximum Gasteiger partial charge on any atom is 0.321 e. The van der Waals surface area contributed by atoms with Gasteiger partial charge < -0.3 is 46.5 Å². The lowest BCUT2D eigenvalue weighted by molar-refractivity contribution is -0.130. The van der Waals surface area contributed by atoms with Crippen LogP contribution in [0.25, 0.3) is 22.3 Å². The van der Waals surface area contributed by atoms with Gasteiger partial charge in [0.25, 0.3) is 5.91 Å². The number of hydroxylamine groups is 2. The molecular weight excluding hydrogens is 1040 g/mol. The molecule has 1 saturated heterocycles. The Morgan fingerprint density at radius 1 is 0.646 bits per heavy atom. The van der Waals surface area contributed by atoms with E-state index >= 15 is 0 Å². The number of carbonyl (C=O) groups is 2. The molecule has 2 atom stereocenters. The van der Waals surface area contributed by atoms with Crippen molar-refractivity contribution in [2.24, 2.45) is 38.1 Å². The fourth-order valence-electron chi connectivity index (χ4n) is 10.8. The summed E-state index contributed by atoms with van der Waals surface area (Å²) in [6.07, 6.45) is 1.54. The molecule has 7 N–H and O–H groups in total. The molecule has 17 nitrogen and oxygen atoms in total. The number of guanidine groups is 3. The quantitative estimate of drug-likeness (QED) is 0.101. The molecule has 5 heterocycles. The molecule has 7 aromatic rings. The van der Waals surface area contributed by atoms with Gasteiger partial charge in [-0.05, 0) is 126 Å². The first kappa shape index (κ1) is 55.9. The molecule has 12 rings (SSSR count). The zero-order valence-corrected chi connectivity index (χ0v) is 46.7. The van der Waals surface area contributed by atoms with Crippen molar-refractivity contribution in [1.29, 1.82) is 0 Å². The van der Waals surface area contributed by atoms with Crippen LogP contribution in [0.3, 0.4) is 0 Å². The van der Waals surface area contributed by atoms with Crippen LogP contribution >= 0.6 is 0 Å². The third kappa shape index (κ3) is 11.9. The topological polar surface area (TPSA) is 211 Å². The van der Waals surface area contributed by atoms with Crippen LogP contribution in [0.1, 0.15) is 48.9 Å². The Hall–Kier alpha value is -9.42. The predicted octanol–water partition coefficient (Wildman–Crippen LogP) is 9.50. The SMILES string of the molecule is CN1CC(C)(c2cccc(-c3ccc4c(c3)OCO4)c2)N=C1N.CN1OCC(C)(c2cccc(-c3cccc(F)c3)c2)N=C1N.COc1cccc(NC(=O)N2CCC(CN3C(=O)C(c4ccccc4)(c4ccccc4)N=C3N)CC2)c1. The molecule has 82 heavy (non-hydrogen) atoms. The second kappa shape index (κ2) is 23.7. The first-order valence-corrected chi connectivity index (χ1v) is 27.2. The Morgan fingerprint density at radius 3 is 1.83 bits per heavy atom. The van der Waals surface area contributed by atoms with Crippen LogP contribution < -0.4 is 36.7 Å². The molecule has 5 aliphatic heterocycles. The van der Waals surface area contributed by atoms with E-state index in [1.165, 1.54) is 17.2 Å². The zero-order chi connectivity index (χ0) is 57.6. The first-order valence-electron chi connectivity index (χ1n) is 27.2.